The van der Waals surface area contributed by atoms with E-state index in [2.05, 4.69) is 24.3 Å². The van der Waals surface area contributed by atoms with Gasteiger partial charge in [0.05, 0.1) is 6.10 Å². The van der Waals surface area contributed by atoms with E-state index in [1.807, 2.05) is 0 Å². The summed E-state index contributed by atoms with van der Waals surface area (Å²) in [5, 5.41) is 9.89. The molecule has 0 unspecified atom stereocenters. The van der Waals surface area contributed by atoms with E-state index in [0.717, 1.165) is 12.8 Å². The number of benzene rings is 1. The standard InChI is InChI=1S/C15H22O/c16-15-7-5-3-1-2-4-6-13-8-10-14(12-15)11-9-13/h8-11,15-16H,1-7,12H2/t15-/m0/s1. The van der Waals surface area contributed by atoms with Gasteiger partial charge in [-0.15, -0.1) is 0 Å². The maximum absolute atomic E-state index is 9.89. The number of hydrogen-bond donors (Lipinski definition) is 1. The second kappa shape index (κ2) is 6.05. The molecule has 1 heteroatoms. The van der Waals surface area contributed by atoms with Crippen molar-refractivity contribution in [1.29, 1.82) is 0 Å². The van der Waals surface area contributed by atoms with Crippen LogP contribution in [0.1, 0.15) is 49.7 Å². The molecule has 0 radical (unpaired) electrons. The summed E-state index contributed by atoms with van der Waals surface area (Å²) in [6, 6.07) is 8.80. The average Bonchev–Trinajstić information content (AvgIpc) is 2.32. The highest BCUT2D eigenvalue weighted by molar-refractivity contribution is 5.23. The van der Waals surface area contributed by atoms with Crippen molar-refractivity contribution in [2.75, 3.05) is 0 Å². The highest BCUT2D eigenvalue weighted by Gasteiger charge is 2.06. The lowest BCUT2D eigenvalue weighted by atomic mass is 10.0. The maximum Gasteiger partial charge on any atom is 0.0580 e. The quantitative estimate of drug-likeness (QED) is 0.706. The molecule has 0 spiro atoms. The van der Waals surface area contributed by atoms with Crippen LogP contribution in [-0.4, -0.2) is 11.2 Å². The van der Waals surface area contributed by atoms with Crippen molar-refractivity contribution in [1.82, 2.24) is 0 Å². The lowest BCUT2D eigenvalue weighted by Crippen LogP contribution is -2.10. The first-order valence-electron chi connectivity index (χ1n) is 6.60. The summed E-state index contributed by atoms with van der Waals surface area (Å²) >= 11 is 0. The van der Waals surface area contributed by atoms with E-state index in [9.17, 15) is 5.11 Å². The second-order valence-corrected chi connectivity index (χ2v) is 4.98. The number of fused-ring (bicyclic) bond motifs is 10. The summed E-state index contributed by atoms with van der Waals surface area (Å²) in [5.41, 5.74) is 2.72. The van der Waals surface area contributed by atoms with Crippen LogP contribution in [0.25, 0.3) is 0 Å². The second-order valence-electron chi connectivity index (χ2n) is 4.98. The van der Waals surface area contributed by atoms with Crippen LogP contribution in [0.3, 0.4) is 0 Å². The Hall–Kier alpha value is -0.820. The van der Waals surface area contributed by atoms with Gasteiger partial charge in [-0.05, 0) is 36.8 Å². The van der Waals surface area contributed by atoms with E-state index in [1.165, 1.54) is 49.7 Å². The molecule has 0 heterocycles. The fourth-order valence-electron chi connectivity index (χ4n) is 2.46. The summed E-state index contributed by atoms with van der Waals surface area (Å²) in [5.74, 6) is 0. The van der Waals surface area contributed by atoms with Crippen molar-refractivity contribution < 1.29 is 5.11 Å². The van der Waals surface area contributed by atoms with Crippen molar-refractivity contribution in [3.05, 3.63) is 35.4 Å². The van der Waals surface area contributed by atoms with Crippen LogP contribution in [-0.2, 0) is 12.8 Å². The molecule has 1 N–H and O–H groups in total. The van der Waals surface area contributed by atoms with Gasteiger partial charge in [-0.3, -0.25) is 0 Å². The molecule has 1 atom stereocenters. The topological polar surface area (TPSA) is 20.2 Å². The summed E-state index contributed by atoms with van der Waals surface area (Å²) in [4.78, 5) is 0. The molecule has 0 aliphatic heterocycles. The SMILES string of the molecule is O[C@H]1CCCCCCCc2ccc(cc2)C1. The molecule has 16 heavy (non-hydrogen) atoms. The van der Waals surface area contributed by atoms with E-state index in [4.69, 9.17) is 0 Å². The molecule has 1 nitrogen and oxygen atoms in total. The van der Waals surface area contributed by atoms with Crippen molar-refractivity contribution in [3.8, 4) is 0 Å². The molecular weight excluding hydrogens is 196 g/mol. The molecule has 2 bridgehead atoms. The normalized spacial score (nSPS) is 23.2. The minimum Gasteiger partial charge on any atom is -0.393 e. The van der Waals surface area contributed by atoms with Crippen LogP contribution in [0.15, 0.2) is 24.3 Å². The van der Waals surface area contributed by atoms with Gasteiger partial charge < -0.3 is 5.11 Å². The van der Waals surface area contributed by atoms with Gasteiger partial charge in [0, 0.05) is 0 Å². The first-order chi connectivity index (χ1) is 7.84. The van der Waals surface area contributed by atoms with Gasteiger partial charge in [0.25, 0.3) is 0 Å². The van der Waals surface area contributed by atoms with Crippen molar-refractivity contribution in [3.63, 3.8) is 0 Å². The molecule has 0 saturated carbocycles. The number of aliphatic hydroxyl groups excluding tert-OH is 1. The van der Waals surface area contributed by atoms with Gasteiger partial charge in [0.15, 0.2) is 0 Å². The summed E-state index contributed by atoms with van der Waals surface area (Å²) in [6.45, 7) is 0. The van der Waals surface area contributed by atoms with E-state index in [0.29, 0.717) is 0 Å². The fraction of sp³-hybridized carbons (Fsp3) is 0.600. The minimum absolute atomic E-state index is 0.147. The molecule has 1 aromatic rings. The summed E-state index contributed by atoms with van der Waals surface area (Å²) < 4.78 is 0. The van der Waals surface area contributed by atoms with Gasteiger partial charge in [0.2, 0.25) is 0 Å². The van der Waals surface area contributed by atoms with Crippen LogP contribution in [0.2, 0.25) is 0 Å². The van der Waals surface area contributed by atoms with Gasteiger partial charge in [-0.2, -0.15) is 0 Å². The number of rotatable bonds is 0. The third-order valence-corrected chi connectivity index (χ3v) is 3.50. The predicted molar refractivity (Wildman–Crippen MR) is 67.6 cm³/mol. The number of aryl methyl sites for hydroxylation is 1. The Morgan fingerprint density at radius 3 is 2.25 bits per heavy atom. The maximum atomic E-state index is 9.89. The van der Waals surface area contributed by atoms with Crippen LogP contribution >= 0.6 is 0 Å². The highest BCUT2D eigenvalue weighted by atomic mass is 16.3. The lowest BCUT2D eigenvalue weighted by Gasteiger charge is -2.10. The predicted octanol–water partition coefficient (Wildman–Crippen LogP) is 3.49. The Balaban J connectivity index is 2.03. The minimum atomic E-state index is -0.147. The Morgan fingerprint density at radius 2 is 1.44 bits per heavy atom. The first kappa shape index (κ1) is 11.7. The molecule has 0 amide bonds. The Bertz CT molecular complexity index is 302. The molecule has 2 aliphatic rings. The van der Waals surface area contributed by atoms with Gasteiger partial charge in [-0.25, -0.2) is 0 Å². The third kappa shape index (κ3) is 3.64. The van der Waals surface area contributed by atoms with Crippen LogP contribution in [0, 0.1) is 0 Å². The third-order valence-electron chi connectivity index (χ3n) is 3.50. The molecule has 2 aliphatic carbocycles. The zero-order valence-electron chi connectivity index (χ0n) is 9.99. The molecule has 88 valence electrons. The van der Waals surface area contributed by atoms with Gasteiger partial charge in [-0.1, -0.05) is 49.9 Å². The van der Waals surface area contributed by atoms with Gasteiger partial charge >= 0.3 is 0 Å². The van der Waals surface area contributed by atoms with Crippen molar-refractivity contribution in [2.45, 2.75) is 57.5 Å². The number of aliphatic hydroxyl groups is 1. The Labute approximate surface area is 98.5 Å². The van der Waals surface area contributed by atoms with Crippen LogP contribution in [0.4, 0.5) is 0 Å². The Kier molecular flexibility index (Phi) is 4.41. The molecular formula is C15H22O. The lowest BCUT2D eigenvalue weighted by molar-refractivity contribution is 0.161. The van der Waals surface area contributed by atoms with E-state index < -0.39 is 0 Å². The molecule has 0 fully saturated rings. The van der Waals surface area contributed by atoms with E-state index in [-0.39, 0.29) is 6.10 Å². The zero-order valence-corrected chi connectivity index (χ0v) is 9.99. The highest BCUT2D eigenvalue weighted by Crippen LogP contribution is 2.16. The molecule has 3 rings (SSSR count). The fourth-order valence-corrected chi connectivity index (χ4v) is 2.46. The van der Waals surface area contributed by atoms with Gasteiger partial charge in [0.1, 0.15) is 0 Å². The van der Waals surface area contributed by atoms with E-state index >= 15 is 0 Å². The average molecular weight is 218 g/mol. The smallest absolute Gasteiger partial charge is 0.0580 e. The molecule has 0 aromatic heterocycles. The van der Waals surface area contributed by atoms with Crippen LogP contribution < -0.4 is 0 Å². The van der Waals surface area contributed by atoms with Crippen molar-refractivity contribution >= 4 is 0 Å². The Morgan fingerprint density at radius 1 is 0.812 bits per heavy atom. The zero-order chi connectivity index (χ0) is 11.2. The molecule has 0 saturated heterocycles. The summed E-state index contributed by atoms with van der Waals surface area (Å²) in [7, 11) is 0. The number of hydrogen-bond acceptors (Lipinski definition) is 1. The monoisotopic (exact) mass is 218 g/mol. The first-order valence-corrected chi connectivity index (χ1v) is 6.60. The molecule has 1 aromatic carbocycles. The van der Waals surface area contributed by atoms with Crippen LogP contribution in [0.5, 0.6) is 0 Å². The van der Waals surface area contributed by atoms with E-state index in [1.54, 1.807) is 0 Å². The summed E-state index contributed by atoms with van der Waals surface area (Å²) in [6.07, 6.45) is 9.27. The van der Waals surface area contributed by atoms with Crippen molar-refractivity contribution in [2.24, 2.45) is 0 Å². The largest absolute Gasteiger partial charge is 0.393 e.